The van der Waals surface area contributed by atoms with Crippen LogP contribution in [0.1, 0.15) is 69.5 Å². The molecule has 2 aliphatic carbocycles. The van der Waals surface area contributed by atoms with Crippen LogP contribution in [0.4, 0.5) is 0 Å². The van der Waals surface area contributed by atoms with E-state index in [1.807, 2.05) is 24.5 Å². The van der Waals surface area contributed by atoms with Gasteiger partial charge in [-0.05, 0) is 49.8 Å². The number of rotatable bonds is 6. The fourth-order valence-electron chi connectivity index (χ4n) is 4.43. The van der Waals surface area contributed by atoms with Crippen molar-refractivity contribution in [3.8, 4) is 11.3 Å². The van der Waals surface area contributed by atoms with Crippen LogP contribution in [0.25, 0.3) is 11.3 Å². The molecule has 0 saturated heterocycles. The predicted molar refractivity (Wildman–Crippen MR) is 101 cm³/mol. The average Bonchev–Trinajstić information content (AvgIpc) is 3.41. The maximum absolute atomic E-state index is 12.2. The number of pyridine rings is 1. The highest BCUT2D eigenvalue weighted by Gasteiger charge is 2.22. The molecular weight excluding hydrogens is 324 g/mol. The molecule has 0 atom stereocenters. The summed E-state index contributed by atoms with van der Waals surface area (Å²) in [7, 11) is 0. The Hall–Kier alpha value is -2.17. The number of hydrogen-bond acceptors (Lipinski definition) is 3. The van der Waals surface area contributed by atoms with Gasteiger partial charge in [0.2, 0.25) is 5.91 Å². The number of nitrogens with zero attached hydrogens (tertiary/aromatic N) is 3. The zero-order chi connectivity index (χ0) is 17.8. The van der Waals surface area contributed by atoms with Crippen LogP contribution in [-0.2, 0) is 11.3 Å². The Labute approximate surface area is 155 Å². The molecule has 1 N–H and O–H groups in total. The van der Waals surface area contributed by atoms with E-state index in [0.29, 0.717) is 24.9 Å². The van der Waals surface area contributed by atoms with Crippen LogP contribution >= 0.6 is 0 Å². The van der Waals surface area contributed by atoms with E-state index in [-0.39, 0.29) is 5.91 Å². The van der Waals surface area contributed by atoms with Crippen molar-refractivity contribution in [1.82, 2.24) is 20.1 Å². The van der Waals surface area contributed by atoms with Gasteiger partial charge in [-0.3, -0.25) is 14.5 Å². The molecule has 4 rings (SSSR count). The van der Waals surface area contributed by atoms with Crippen molar-refractivity contribution in [2.24, 2.45) is 5.92 Å². The molecule has 5 nitrogen and oxygen atoms in total. The van der Waals surface area contributed by atoms with Gasteiger partial charge in [0.15, 0.2) is 0 Å². The number of carbonyl (C=O) groups excluding carboxylic acids is 1. The van der Waals surface area contributed by atoms with Crippen molar-refractivity contribution in [1.29, 1.82) is 0 Å². The SMILES string of the molecule is O=C(CC1CCCC1)NCc1cc(-c2ccncc2)n(C2CCCC2)n1. The summed E-state index contributed by atoms with van der Waals surface area (Å²) in [6.45, 7) is 0.517. The van der Waals surface area contributed by atoms with Crippen LogP contribution in [0.3, 0.4) is 0 Å². The van der Waals surface area contributed by atoms with Crippen molar-refractivity contribution in [3.63, 3.8) is 0 Å². The molecule has 26 heavy (non-hydrogen) atoms. The van der Waals surface area contributed by atoms with Gasteiger partial charge in [0.25, 0.3) is 0 Å². The molecule has 0 aliphatic heterocycles. The van der Waals surface area contributed by atoms with Gasteiger partial charge in [0.1, 0.15) is 0 Å². The van der Waals surface area contributed by atoms with E-state index in [1.54, 1.807) is 0 Å². The van der Waals surface area contributed by atoms with Crippen molar-refractivity contribution in [2.75, 3.05) is 0 Å². The maximum Gasteiger partial charge on any atom is 0.220 e. The Bertz CT molecular complexity index is 728. The molecule has 0 aromatic carbocycles. The van der Waals surface area contributed by atoms with Crippen LogP contribution in [-0.4, -0.2) is 20.7 Å². The van der Waals surface area contributed by atoms with Gasteiger partial charge in [0, 0.05) is 24.4 Å². The summed E-state index contributed by atoms with van der Waals surface area (Å²) in [5.41, 5.74) is 3.23. The minimum atomic E-state index is 0.165. The third kappa shape index (κ3) is 3.97. The first-order chi connectivity index (χ1) is 12.8. The zero-order valence-corrected chi connectivity index (χ0v) is 15.4. The summed E-state index contributed by atoms with van der Waals surface area (Å²) >= 11 is 0. The summed E-state index contributed by atoms with van der Waals surface area (Å²) in [5.74, 6) is 0.746. The third-order valence-corrected chi connectivity index (χ3v) is 5.85. The monoisotopic (exact) mass is 352 g/mol. The number of nitrogens with one attached hydrogen (secondary N) is 1. The molecule has 1 amide bonds. The van der Waals surface area contributed by atoms with Crippen LogP contribution in [0.2, 0.25) is 0 Å². The van der Waals surface area contributed by atoms with E-state index >= 15 is 0 Å². The number of hydrogen-bond donors (Lipinski definition) is 1. The summed E-state index contributed by atoms with van der Waals surface area (Å²) in [6.07, 6.45) is 14.2. The predicted octanol–water partition coefficient (Wildman–Crippen LogP) is 4.26. The standard InChI is InChI=1S/C21H28N4O/c26-21(13-16-5-1-2-6-16)23-15-18-14-20(17-9-11-22-12-10-17)25(24-18)19-7-3-4-8-19/h9-12,14,16,19H,1-8,13,15H2,(H,23,26). The first-order valence-corrected chi connectivity index (χ1v) is 10.0. The van der Waals surface area contributed by atoms with Crippen LogP contribution < -0.4 is 5.32 Å². The molecule has 2 fully saturated rings. The highest BCUT2D eigenvalue weighted by Crippen LogP contribution is 2.33. The number of amides is 1. The molecule has 0 unspecified atom stereocenters. The molecule has 2 aromatic heterocycles. The van der Waals surface area contributed by atoms with Crippen molar-refractivity contribution in [3.05, 3.63) is 36.3 Å². The van der Waals surface area contributed by atoms with Gasteiger partial charge in [0.05, 0.1) is 24.0 Å². The first-order valence-electron chi connectivity index (χ1n) is 10.0. The highest BCUT2D eigenvalue weighted by molar-refractivity contribution is 5.76. The summed E-state index contributed by atoms with van der Waals surface area (Å²) in [5, 5.41) is 7.94. The average molecular weight is 352 g/mol. The van der Waals surface area contributed by atoms with Gasteiger partial charge in [-0.15, -0.1) is 0 Å². The second kappa shape index (κ2) is 8.02. The van der Waals surface area contributed by atoms with Gasteiger partial charge < -0.3 is 5.32 Å². The number of carbonyl (C=O) groups is 1. The van der Waals surface area contributed by atoms with Gasteiger partial charge in [-0.2, -0.15) is 5.10 Å². The Morgan fingerprint density at radius 1 is 1.08 bits per heavy atom. The largest absolute Gasteiger partial charge is 0.350 e. The fraction of sp³-hybridized carbons (Fsp3) is 0.571. The minimum absolute atomic E-state index is 0.165. The molecule has 138 valence electrons. The van der Waals surface area contributed by atoms with Crippen LogP contribution in [0.5, 0.6) is 0 Å². The third-order valence-electron chi connectivity index (χ3n) is 5.85. The fourth-order valence-corrected chi connectivity index (χ4v) is 4.43. The summed E-state index contributed by atoms with van der Waals surface area (Å²) < 4.78 is 2.18. The quantitative estimate of drug-likeness (QED) is 0.845. The molecule has 5 heteroatoms. The van der Waals surface area contributed by atoms with Gasteiger partial charge >= 0.3 is 0 Å². The lowest BCUT2D eigenvalue weighted by Gasteiger charge is -2.14. The van der Waals surface area contributed by atoms with Crippen molar-refractivity contribution in [2.45, 2.75) is 70.4 Å². The van der Waals surface area contributed by atoms with Gasteiger partial charge in [-0.25, -0.2) is 0 Å². The highest BCUT2D eigenvalue weighted by atomic mass is 16.1. The van der Waals surface area contributed by atoms with Crippen molar-refractivity contribution >= 4 is 5.91 Å². The molecule has 0 radical (unpaired) electrons. The smallest absolute Gasteiger partial charge is 0.220 e. The second-order valence-corrected chi connectivity index (χ2v) is 7.77. The second-order valence-electron chi connectivity index (χ2n) is 7.77. The zero-order valence-electron chi connectivity index (χ0n) is 15.4. The molecular formula is C21H28N4O. The molecule has 2 saturated carbocycles. The Morgan fingerprint density at radius 2 is 1.77 bits per heavy atom. The lowest BCUT2D eigenvalue weighted by Crippen LogP contribution is -2.24. The summed E-state index contributed by atoms with van der Waals surface area (Å²) in [4.78, 5) is 16.4. The maximum atomic E-state index is 12.2. The Morgan fingerprint density at radius 3 is 2.50 bits per heavy atom. The van der Waals surface area contributed by atoms with Gasteiger partial charge in [-0.1, -0.05) is 25.7 Å². The normalized spacial score (nSPS) is 18.5. The molecule has 2 heterocycles. The minimum Gasteiger partial charge on any atom is -0.350 e. The first kappa shape index (κ1) is 17.3. The number of aromatic nitrogens is 3. The molecule has 2 aliphatic rings. The van der Waals surface area contributed by atoms with Crippen LogP contribution in [0, 0.1) is 5.92 Å². The lowest BCUT2D eigenvalue weighted by molar-refractivity contribution is -0.122. The van der Waals surface area contributed by atoms with E-state index < -0.39 is 0 Å². The molecule has 0 spiro atoms. The van der Waals surface area contributed by atoms with E-state index in [1.165, 1.54) is 51.4 Å². The topological polar surface area (TPSA) is 59.8 Å². The van der Waals surface area contributed by atoms with E-state index in [9.17, 15) is 4.79 Å². The molecule has 2 aromatic rings. The lowest BCUT2D eigenvalue weighted by atomic mass is 10.0. The van der Waals surface area contributed by atoms with E-state index in [0.717, 1.165) is 17.0 Å². The molecule has 0 bridgehead atoms. The van der Waals surface area contributed by atoms with E-state index in [4.69, 9.17) is 5.10 Å². The summed E-state index contributed by atoms with van der Waals surface area (Å²) in [6, 6.07) is 6.67. The van der Waals surface area contributed by atoms with E-state index in [2.05, 4.69) is 21.0 Å². The Kier molecular flexibility index (Phi) is 5.32. The Balaban J connectivity index is 1.46. The van der Waals surface area contributed by atoms with Crippen molar-refractivity contribution < 1.29 is 4.79 Å². The van der Waals surface area contributed by atoms with Crippen LogP contribution in [0.15, 0.2) is 30.6 Å².